The van der Waals surface area contributed by atoms with Crippen LogP contribution in [0.1, 0.15) is 17.0 Å². The van der Waals surface area contributed by atoms with Gasteiger partial charge >= 0.3 is 12.1 Å². The minimum Gasteiger partial charge on any atom is -0.492 e. The Morgan fingerprint density at radius 1 is 1.14 bits per heavy atom. The van der Waals surface area contributed by atoms with Crippen molar-refractivity contribution in [1.82, 2.24) is 10.1 Å². The molecular formula is C20H15F3N2O4. The van der Waals surface area contributed by atoms with Crippen molar-refractivity contribution in [2.45, 2.75) is 19.2 Å². The number of carbonyl (C=O) groups is 1. The molecule has 1 aliphatic heterocycles. The lowest BCUT2D eigenvalue weighted by Gasteiger charge is -2.23. The van der Waals surface area contributed by atoms with Crippen molar-refractivity contribution < 1.29 is 32.0 Å². The van der Waals surface area contributed by atoms with Gasteiger partial charge < -0.3 is 14.0 Å². The van der Waals surface area contributed by atoms with Crippen molar-refractivity contribution in [3.8, 4) is 17.1 Å². The molecule has 2 aromatic carbocycles. The minimum absolute atomic E-state index is 0.0466. The number of benzene rings is 2. The van der Waals surface area contributed by atoms with Crippen LogP contribution < -0.4 is 4.74 Å². The molecule has 0 radical (unpaired) electrons. The van der Waals surface area contributed by atoms with Crippen molar-refractivity contribution in [3.63, 3.8) is 0 Å². The number of aromatic nitrogens is 2. The van der Waals surface area contributed by atoms with Gasteiger partial charge in [0.1, 0.15) is 12.4 Å². The molecule has 3 aromatic rings. The molecule has 0 amide bonds. The molecule has 2 heterocycles. The van der Waals surface area contributed by atoms with Crippen molar-refractivity contribution >= 4 is 5.97 Å². The van der Waals surface area contributed by atoms with Crippen LogP contribution in [0, 0.1) is 5.92 Å². The number of ether oxygens (including phenoxy) is 2. The van der Waals surface area contributed by atoms with E-state index in [0.717, 1.165) is 23.4 Å². The molecule has 0 N–H and O–H groups in total. The van der Waals surface area contributed by atoms with Crippen molar-refractivity contribution in [1.29, 1.82) is 0 Å². The first-order chi connectivity index (χ1) is 13.9. The van der Waals surface area contributed by atoms with Gasteiger partial charge in [-0.1, -0.05) is 35.5 Å². The number of para-hydroxylation sites is 1. The number of alkyl halides is 3. The molecule has 1 atom stereocenters. The highest BCUT2D eigenvalue weighted by Gasteiger charge is 2.30. The Hall–Kier alpha value is -3.36. The maximum absolute atomic E-state index is 12.6. The second-order valence-electron chi connectivity index (χ2n) is 6.51. The molecule has 0 spiro atoms. The van der Waals surface area contributed by atoms with Crippen LogP contribution in [0.4, 0.5) is 13.2 Å². The Morgan fingerprint density at radius 2 is 1.90 bits per heavy atom. The van der Waals surface area contributed by atoms with Gasteiger partial charge in [0.15, 0.2) is 6.61 Å². The molecule has 0 aliphatic carbocycles. The Morgan fingerprint density at radius 3 is 2.66 bits per heavy atom. The van der Waals surface area contributed by atoms with Gasteiger partial charge in [-0.25, -0.2) is 0 Å². The number of hydrogen-bond acceptors (Lipinski definition) is 6. The zero-order valence-corrected chi connectivity index (χ0v) is 15.0. The zero-order chi connectivity index (χ0) is 20.4. The highest BCUT2D eigenvalue weighted by molar-refractivity contribution is 5.73. The molecular weight excluding hydrogens is 389 g/mol. The minimum atomic E-state index is -4.42. The average Bonchev–Trinajstić information content (AvgIpc) is 3.20. The van der Waals surface area contributed by atoms with Gasteiger partial charge in [-0.15, -0.1) is 0 Å². The fourth-order valence-electron chi connectivity index (χ4n) is 2.97. The topological polar surface area (TPSA) is 74.5 Å². The van der Waals surface area contributed by atoms with E-state index >= 15 is 0 Å². The van der Waals surface area contributed by atoms with E-state index in [1.165, 1.54) is 12.1 Å². The van der Waals surface area contributed by atoms with Gasteiger partial charge in [-0.2, -0.15) is 18.2 Å². The Kier molecular flexibility index (Phi) is 4.96. The van der Waals surface area contributed by atoms with Gasteiger partial charge in [-0.05, 0) is 30.2 Å². The Balaban J connectivity index is 1.36. The molecule has 6 nitrogen and oxygen atoms in total. The summed E-state index contributed by atoms with van der Waals surface area (Å²) in [6.07, 6.45) is -3.91. The molecule has 150 valence electrons. The molecule has 9 heteroatoms. The predicted octanol–water partition coefficient (Wildman–Crippen LogP) is 4.05. The van der Waals surface area contributed by atoms with Crippen LogP contribution in [0.5, 0.6) is 5.75 Å². The first-order valence-corrected chi connectivity index (χ1v) is 8.78. The van der Waals surface area contributed by atoms with Crippen LogP contribution >= 0.6 is 0 Å². The van der Waals surface area contributed by atoms with Gasteiger partial charge in [0.05, 0.1) is 11.5 Å². The lowest BCUT2D eigenvalue weighted by Crippen LogP contribution is -2.29. The molecule has 0 bridgehead atoms. The lowest BCUT2D eigenvalue weighted by atomic mass is 9.97. The largest absolute Gasteiger partial charge is 0.492 e. The van der Waals surface area contributed by atoms with Crippen molar-refractivity contribution in [3.05, 3.63) is 65.5 Å². The highest BCUT2D eigenvalue weighted by Crippen LogP contribution is 2.30. The maximum atomic E-state index is 12.6. The summed E-state index contributed by atoms with van der Waals surface area (Å²) in [5, 5.41) is 3.72. The molecule has 29 heavy (non-hydrogen) atoms. The van der Waals surface area contributed by atoms with Crippen LogP contribution in [0.15, 0.2) is 53.1 Å². The number of nitrogens with zero attached hydrogens (tertiary/aromatic N) is 2. The van der Waals surface area contributed by atoms with Crippen molar-refractivity contribution in [2.24, 2.45) is 5.92 Å². The Bertz CT molecular complexity index is 1020. The van der Waals surface area contributed by atoms with E-state index in [2.05, 4.69) is 10.1 Å². The quantitative estimate of drug-likeness (QED) is 0.611. The predicted molar refractivity (Wildman–Crippen MR) is 93.7 cm³/mol. The van der Waals surface area contributed by atoms with Crippen molar-refractivity contribution in [2.75, 3.05) is 6.61 Å². The van der Waals surface area contributed by atoms with Gasteiger partial charge in [0.25, 0.3) is 5.89 Å². The van der Waals surface area contributed by atoms with E-state index in [0.29, 0.717) is 12.0 Å². The van der Waals surface area contributed by atoms with Crippen LogP contribution in [-0.2, 0) is 28.7 Å². The number of hydrogen-bond donors (Lipinski definition) is 0. The van der Waals surface area contributed by atoms with E-state index in [1.54, 1.807) is 0 Å². The summed E-state index contributed by atoms with van der Waals surface area (Å²) < 4.78 is 53.7. The van der Waals surface area contributed by atoms with E-state index in [-0.39, 0.29) is 24.9 Å². The molecule has 0 saturated heterocycles. The standard InChI is InChI=1S/C20H15F3N2O4/c21-20(22,23)15-7-5-12(6-8-15)18-24-17(29-25-18)11-28-19(26)14-9-13-3-1-2-4-16(13)27-10-14/h1-8,14H,9-11H2. The summed E-state index contributed by atoms with van der Waals surface area (Å²) in [6.45, 7) is -0.0128. The first-order valence-electron chi connectivity index (χ1n) is 8.78. The second-order valence-corrected chi connectivity index (χ2v) is 6.51. The number of carbonyl (C=O) groups excluding carboxylic acids is 1. The third-order valence-corrected chi connectivity index (χ3v) is 4.49. The molecule has 1 aromatic heterocycles. The summed E-state index contributed by atoms with van der Waals surface area (Å²) in [6, 6.07) is 11.8. The number of halogens is 3. The summed E-state index contributed by atoms with van der Waals surface area (Å²) >= 11 is 0. The van der Waals surface area contributed by atoms with Gasteiger partial charge in [-0.3, -0.25) is 4.79 Å². The summed E-state index contributed by atoms with van der Waals surface area (Å²) in [5.74, 6) is 0.0238. The first kappa shape index (κ1) is 19.0. The highest BCUT2D eigenvalue weighted by atomic mass is 19.4. The molecule has 1 aliphatic rings. The normalized spacial score (nSPS) is 16.0. The van der Waals surface area contributed by atoms with E-state index < -0.39 is 23.6 Å². The van der Waals surface area contributed by atoms with Crippen LogP contribution in [0.25, 0.3) is 11.4 Å². The van der Waals surface area contributed by atoms with Gasteiger partial charge in [0, 0.05) is 5.56 Å². The summed E-state index contributed by atoms with van der Waals surface area (Å²) in [5.41, 5.74) is 0.523. The van der Waals surface area contributed by atoms with Crippen LogP contribution in [-0.4, -0.2) is 22.7 Å². The zero-order valence-electron chi connectivity index (χ0n) is 15.0. The maximum Gasteiger partial charge on any atom is 0.416 e. The summed E-state index contributed by atoms with van der Waals surface area (Å²) in [4.78, 5) is 16.3. The monoisotopic (exact) mass is 404 g/mol. The number of rotatable bonds is 4. The summed E-state index contributed by atoms with van der Waals surface area (Å²) in [7, 11) is 0. The molecule has 1 unspecified atom stereocenters. The van der Waals surface area contributed by atoms with Crippen LogP contribution in [0.3, 0.4) is 0 Å². The third kappa shape index (κ3) is 4.23. The average molecular weight is 404 g/mol. The van der Waals surface area contributed by atoms with E-state index in [4.69, 9.17) is 14.0 Å². The lowest BCUT2D eigenvalue weighted by molar-refractivity contribution is -0.152. The fourth-order valence-corrected chi connectivity index (χ4v) is 2.97. The van der Waals surface area contributed by atoms with Gasteiger partial charge in [0.2, 0.25) is 5.82 Å². The molecule has 0 fully saturated rings. The fraction of sp³-hybridized carbons (Fsp3) is 0.250. The number of esters is 1. The Labute approximate surface area is 163 Å². The smallest absolute Gasteiger partial charge is 0.416 e. The molecule has 0 saturated carbocycles. The second kappa shape index (κ2) is 7.57. The van der Waals surface area contributed by atoms with E-state index in [9.17, 15) is 18.0 Å². The number of fused-ring (bicyclic) bond motifs is 1. The van der Waals surface area contributed by atoms with Crippen LogP contribution in [0.2, 0.25) is 0 Å². The third-order valence-electron chi connectivity index (χ3n) is 4.49. The SMILES string of the molecule is O=C(OCc1nc(-c2ccc(C(F)(F)F)cc2)no1)C1COc2ccccc2C1. The van der Waals surface area contributed by atoms with E-state index in [1.807, 2.05) is 24.3 Å². The molecule has 4 rings (SSSR count).